The Kier molecular flexibility index (Phi) is 5.04. The number of thioether (sulfide) groups is 1. The second-order valence-corrected chi connectivity index (χ2v) is 8.01. The monoisotopic (exact) mass is 312 g/mol. The smallest absolute Gasteiger partial charge is 0.0701 e. The van der Waals surface area contributed by atoms with Crippen molar-refractivity contribution in [1.29, 1.82) is 0 Å². The molecule has 0 aromatic carbocycles. The summed E-state index contributed by atoms with van der Waals surface area (Å²) in [6, 6.07) is 2.58. The lowest BCUT2D eigenvalue weighted by molar-refractivity contribution is -0.107. The molecule has 0 aliphatic carbocycles. The molecule has 2 atom stereocenters. The molecule has 3 nitrogen and oxygen atoms in total. The van der Waals surface area contributed by atoms with Gasteiger partial charge in [-0.05, 0) is 71.9 Å². The van der Waals surface area contributed by atoms with Gasteiger partial charge in [-0.2, -0.15) is 23.1 Å². The van der Waals surface area contributed by atoms with Crippen LogP contribution in [-0.2, 0) is 11.2 Å². The summed E-state index contributed by atoms with van der Waals surface area (Å²) in [7, 11) is 0. The van der Waals surface area contributed by atoms with Gasteiger partial charge in [-0.3, -0.25) is 11.3 Å². The molecule has 20 heavy (non-hydrogen) atoms. The Bertz CT molecular complexity index is 399. The summed E-state index contributed by atoms with van der Waals surface area (Å²) in [5.74, 6) is 8.98. The summed E-state index contributed by atoms with van der Waals surface area (Å²) in [6.07, 6.45) is 5.77. The van der Waals surface area contributed by atoms with Crippen LogP contribution in [0.3, 0.4) is 0 Å². The van der Waals surface area contributed by atoms with Gasteiger partial charge in [-0.15, -0.1) is 0 Å². The number of nitrogens with two attached hydrogens (primary N) is 1. The zero-order chi connectivity index (χ0) is 13.8. The van der Waals surface area contributed by atoms with Crippen molar-refractivity contribution in [2.24, 2.45) is 11.8 Å². The van der Waals surface area contributed by atoms with E-state index in [-0.39, 0.29) is 5.60 Å². The first-order valence-corrected chi connectivity index (χ1v) is 9.60. The molecule has 5 heteroatoms. The minimum atomic E-state index is 0.151. The molecule has 1 aromatic rings. The number of thiophene rings is 1. The van der Waals surface area contributed by atoms with Crippen LogP contribution < -0.4 is 11.3 Å². The van der Waals surface area contributed by atoms with Gasteiger partial charge in [0, 0.05) is 12.6 Å². The summed E-state index contributed by atoms with van der Waals surface area (Å²) in [4.78, 5) is 0. The largest absolute Gasteiger partial charge is 0.375 e. The van der Waals surface area contributed by atoms with Gasteiger partial charge >= 0.3 is 0 Å². The standard InChI is InChI=1S/C15H24N2OS2/c16-17-14(9-12-2-6-20-11-12)13-1-5-18-15(10-13)3-7-19-8-4-15/h2,6,11,13-14,17H,1,3-5,7-10,16H2. The lowest BCUT2D eigenvalue weighted by atomic mass is 9.77. The predicted octanol–water partition coefficient (Wildman–Crippen LogP) is 2.81. The highest BCUT2D eigenvalue weighted by Gasteiger charge is 2.40. The van der Waals surface area contributed by atoms with E-state index in [9.17, 15) is 0 Å². The van der Waals surface area contributed by atoms with E-state index < -0.39 is 0 Å². The van der Waals surface area contributed by atoms with Crippen LogP contribution in [0.1, 0.15) is 31.2 Å². The molecule has 1 spiro atoms. The molecular formula is C15H24N2OS2. The minimum absolute atomic E-state index is 0.151. The van der Waals surface area contributed by atoms with Crippen LogP contribution in [0.2, 0.25) is 0 Å². The molecule has 0 radical (unpaired) electrons. The van der Waals surface area contributed by atoms with E-state index in [0.29, 0.717) is 12.0 Å². The third-order valence-corrected chi connectivity index (χ3v) is 6.47. The molecule has 2 saturated heterocycles. The summed E-state index contributed by atoms with van der Waals surface area (Å²) in [5, 5.41) is 4.38. The molecule has 0 amide bonds. The fourth-order valence-corrected chi connectivity index (χ4v) is 5.44. The normalized spacial score (nSPS) is 27.6. The molecule has 2 aliphatic heterocycles. The second kappa shape index (κ2) is 6.79. The predicted molar refractivity (Wildman–Crippen MR) is 87.1 cm³/mol. The Morgan fingerprint density at radius 1 is 1.45 bits per heavy atom. The SMILES string of the molecule is NNC(Cc1ccsc1)C1CCOC2(CCSCC2)C1. The minimum Gasteiger partial charge on any atom is -0.375 e. The third kappa shape index (κ3) is 3.39. The van der Waals surface area contributed by atoms with Gasteiger partial charge in [-0.25, -0.2) is 0 Å². The molecular weight excluding hydrogens is 288 g/mol. The Balaban J connectivity index is 1.65. The van der Waals surface area contributed by atoms with E-state index in [1.807, 2.05) is 0 Å². The van der Waals surface area contributed by atoms with Gasteiger partial charge < -0.3 is 4.74 Å². The molecule has 0 bridgehead atoms. The average molecular weight is 313 g/mol. The second-order valence-electron chi connectivity index (χ2n) is 6.01. The molecule has 112 valence electrons. The first-order valence-electron chi connectivity index (χ1n) is 7.50. The van der Waals surface area contributed by atoms with Crippen LogP contribution >= 0.6 is 23.1 Å². The lowest BCUT2D eigenvalue weighted by Gasteiger charge is -2.45. The zero-order valence-electron chi connectivity index (χ0n) is 11.8. The van der Waals surface area contributed by atoms with Gasteiger partial charge in [0.1, 0.15) is 0 Å². The number of rotatable bonds is 4. The fourth-order valence-electron chi connectivity index (χ4n) is 3.53. The van der Waals surface area contributed by atoms with Crippen molar-refractivity contribution >= 4 is 23.1 Å². The van der Waals surface area contributed by atoms with Crippen LogP contribution in [0, 0.1) is 5.92 Å². The van der Waals surface area contributed by atoms with Gasteiger partial charge in [0.15, 0.2) is 0 Å². The summed E-state index contributed by atoms with van der Waals surface area (Å²) < 4.78 is 6.19. The maximum Gasteiger partial charge on any atom is 0.0701 e. The summed E-state index contributed by atoms with van der Waals surface area (Å²) in [5.41, 5.74) is 4.63. The number of hydrogen-bond acceptors (Lipinski definition) is 5. The Morgan fingerprint density at radius 3 is 3.00 bits per heavy atom. The van der Waals surface area contributed by atoms with E-state index in [1.54, 1.807) is 11.3 Å². The van der Waals surface area contributed by atoms with Crippen molar-refractivity contribution < 1.29 is 4.74 Å². The van der Waals surface area contributed by atoms with Crippen molar-refractivity contribution in [1.82, 2.24) is 5.43 Å². The highest BCUT2D eigenvalue weighted by Crippen LogP contribution is 2.41. The first-order chi connectivity index (χ1) is 9.81. The van der Waals surface area contributed by atoms with Crippen LogP contribution in [0.15, 0.2) is 16.8 Å². The van der Waals surface area contributed by atoms with Crippen LogP contribution in [0.5, 0.6) is 0 Å². The zero-order valence-corrected chi connectivity index (χ0v) is 13.5. The van der Waals surface area contributed by atoms with Gasteiger partial charge in [0.05, 0.1) is 5.60 Å². The highest BCUT2D eigenvalue weighted by molar-refractivity contribution is 7.99. The maximum absolute atomic E-state index is 6.19. The van der Waals surface area contributed by atoms with E-state index in [2.05, 4.69) is 34.0 Å². The molecule has 3 N–H and O–H groups in total. The van der Waals surface area contributed by atoms with E-state index in [1.165, 1.54) is 36.3 Å². The molecule has 0 saturated carbocycles. The molecule has 2 fully saturated rings. The quantitative estimate of drug-likeness (QED) is 0.663. The molecule has 3 heterocycles. The van der Waals surface area contributed by atoms with Crippen molar-refractivity contribution in [2.45, 2.75) is 43.7 Å². The van der Waals surface area contributed by atoms with Gasteiger partial charge in [-0.1, -0.05) is 0 Å². The van der Waals surface area contributed by atoms with Crippen LogP contribution in [-0.4, -0.2) is 29.8 Å². The molecule has 2 aliphatic rings. The Labute approximate surface area is 129 Å². The van der Waals surface area contributed by atoms with Crippen LogP contribution in [0.25, 0.3) is 0 Å². The third-order valence-electron chi connectivity index (χ3n) is 4.75. The van der Waals surface area contributed by atoms with Crippen molar-refractivity contribution in [2.75, 3.05) is 18.1 Å². The van der Waals surface area contributed by atoms with Crippen molar-refractivity contribution in [3.63, 3.8) is 0 Å². The Morgan fingerprint density at radius 2 is 2.30 bits per heavy atom. The topological polar surface area (TPSA) is 47.3 Å². The van der Waals surface area contributed by atoms with Crippen molar-refractivity contribution in [3.05, 3.63) is 22.4 Å². The number of nitrogens with one attached hydrogen (secondary N) is 1. The van der Waals surface area contributed by atoms with Gasteiger partial charge in [0.2, 0.25) is 0 Å². The van der Waals surface area contributed by atoms with Crippen LogP contribution in [0.4, 0.5) is 0 Å². The van der Waals surface area contributed by atoms with Crippen molar-refractivity contribution in [3.8, 4) is 0 Å². The number of hydrazine groups is 1. The lowest BCUT2D eigenvalue weighted by Crippen LogP contribution is -2.50. The maximum atomic E-state index is 6.19. The molecule has 2 unspecified atom stereocenters. The fraction of sp³-hybridized carbons (Fsp3) is 0.733. The number of hydrogen-bond donors (Lipinski definition) is 2. The molecule has 3 rings (SSSR count). The van der Waals surface area contributed by atoms with E-state index in [4.69, 9.17) is 10.6 Å². The average Bonchev–Trinajstić information content (AvgIpc) is 2.98. The van der Waals surface area contributed by atoms with Gasteiger partial charge in [0.25, 0.3) is 0 Å². The highest BCUT2D eigenvalue weighted by atomic mass is 32.2. The van der Waals surface area contributed by atoms with E-state index >= 15 is 0 Å². The van der Waals surface area contributed by atoms with E-state index in [0.717, 1.165) is 19.4 Å². The number of ether oxygens (including phenoxy) is 1. The summed E-state index contributed by atoms with van der Waals surface area (Å²) >= 11 is 3.83. The Hall–Kier alpha value is -0.0700. The summed E-state index contributed by atoms with van der Waals surface area (Å²) in [6.45, 7) is 0.900. The first kappa shape index (κ1) is 14.9. The molecule has 1 aromatic heterocycles.